The van der Waals surface area contributed by atoms with E-state index in [1.54, 1.807) is 37.3 Å². The summed E-state index contributed by atoms with van der Waals surface area (Å²) < 4.78 is 81.1. The van der Waals surface area contributed by atoms with Crippen LogP contribution in [0.3, 0.4) is 0 Å². The minimum atomic E-state index is -5.03. The summed E-state index contributed by atoms with van der Waals surface area (Å²) in [5.74, 6) is -0.167. The maximum atomic E-state index is 12.0. The first-order valence-electron chi connectivity index (χ1n) is 11.2. The van der Waals surface area contributed by atoms with E-state index in [4.69, 9.17) is 4.74 Å². The van der Waals surface area contributed by atoms with E-state index in [9.17, 15) is 36.3 Å². The molecule has 4 aromatic rings. The topological polar surface area (TPSA) is 222 Å². The van der Waals surface area contributed by atoms with Gasteiger partial charge >= 0.3 is 88.7 Å². The van der Waals surface area contributed by atoms with E-state index in [0.717, 1.165) is 18.2 Å². The zero-order valence-corrected chi connectivity index (χ0v) is 32.2. The number of benzene rings is 4. The Morgan fingerprint density at radius 1 is 0.886 bits per heavy atom. The van der Waals surface area contributed by atoms with Gasteiger partial charge in [-0.2, -0.15) is 4.33 Å². The molecule has 0 bridgehead atoms. The molecule has 216 valence electrons. The minimum absolute atomic E-state index is 0. The predicted molar refractivity (Wildman–Crippen MR) is 140 cm³/mol. The fourth-order valence-electron chi connectivity index (χ4n) is 3.65. The number of aryl methyl sites for hydroxylation is 1. The van der Waals surface area contributed by atoms with Crippen LogP contribution >= 0.6 is 12.0 Å². The van der Waals surface area contributed by atoms with Crippen molar-refractivity contribution in [2.75, 3.05) is 12.0 Å². The molecule has 20 heteroatoms. The van der Waals surface area contributed by atoms with Crippen LogP contribution in [0.15, 0.2) is 91.6 Å². The Bertz CT molecular complexity index is 1850. The Balaban J connectivity index is 0.00000323. The summed E-state index contributed by atoms with van der Waals surface area (Å²) in [5, 5.41) is 35.2. The molecule has 0 unspecified atom stereocenters. The third-order valence-electron chi connectivity index (χ3n) is 5.46. The van der Waals surface area contributed by atoms with Crippen LogP contribution < -0.4 is 104 Å². The van der Waals surface area contributed by atoms with E-state index in [0.29, 0.717) is 11.3 Å². The number of nitrogens with one attached hydrogen (secondary N) is 1. The largest absolute Gasteiger partial charge is 1.00 e. The summed E-state index contributed by atoms with van der Waals surface area (Å²) in [4.78, 5) is -1.47. The third kappa shape index (κ3) is 10.6. The van der Waals surface area contributed by atoms with Crippen LogP contribution in [0.5, 0.6) is 11.5 Å². The maximum Gasteiger partial charge on any atom is 1.00 e. The summed E-state index contributed by atoms with van der Waals surface area (Å²) in [6, 6.07) is 15.7. The molecule has 4 aromatic carbocycles. The molecule has 14 nitrogen and oxygen atoms in total. The van der Waals surface area contributed by atoms with Crippen LogP contribution in [-0.4, -0.2) is 37.8 Å². The van der Waals surface area contributed by atoms with E-state index >= 15 is 0 Å². The molecule has 0 saturated carbocycles. The van der Waals surface area contributed by atoms with Gasteiger partial charge in [0.15, 0.2) is 12.5 Å². The fraction of sp³-hybridized carbons (Fsp3) is 0.0833. The molecule has 44 heavy (non-hydrogen) atoms. The first-order valence-corrected chi connectivity index (χ1v) is 14.8. The average Bonchev–Trinajstić information content (AvgIpc) is 2.91. The van der Waals surface area contributed by atoms with E-state index < -0.39 is 35.8 Å². The fourth-order valence-corrected chi connectivity index (χ4v) is 5.51. The molecular formula is C24H18N3Na3O11S3. The van der Waals surface area contributed by atoms with E-state index in [-0.39, 0.29) is 140 Å². The number of azo groups is 1. The smallest absolute Gasteiger partial charge is 0.744 e. The standard InChI is InChI=1S/C24H21N3O11S3.3Na/c1-14-7-8-18(21(9-14)40(30,31)32)26-27-23-20(39-38-37-29)10-15-11-22(41(33,34)35)19(12-17(15)24(23)28)25-13-36-16-5-3-2-4-6-16;;;/h2-12,25,28-29H,13H2,1H3,(H,30,31,32)(H,33,34,35);;;/q;3*+1/p-3. The Morgan fingerprint density at radius 2 is 1.55 bits per heavy atom. The third-order valence-corrected chi connectivity index (χ3v) is 7.82. The molecule has 0 spiro atoms. The molecule has 0 aromatic heterocycles. The van der Waals surface area contributed by atoms with Crippen LogP contribution in [0.4, 0.5) is 17.1 Å². The zero-order chi connectivity index (χ0) is 29.8. The molecule has 0 amide bonds. The molecule has 0 heterocycles. The number of rotatable bonds is 11. The molecule has 0 aliphatic carbocycles. The van der Waals surface area contributed by atoms with Crippen molar-refractivity contribution in [2.24, 2.45) is 10.2 Å². The minimum Gasteiger partial charge on any atom is -0.744 e. The number of phenols is 1. The number of hydrogen-bond donors (Lipinski definition) is 2. The molecular weight excluding hydrogens is 671 g/mol. The van der Waals surface area contributed by atoms with E-state index in [2.05, 4.69) is 24.9 Å². The van der Waals surface area contributed by atoms with Gasteiger partial charge in [0.2, 0.25) is 0 Å². The van der Waals surface area contributed by atoms with Crippen LogP contribution in [-0.2, 0) is 29.6 Å². The Morgan fingerprint density at radius 3 is 2.16 bits per heavy atom. The van der Waals surface area contributed by atoms with Crippen molar-refractivity contribution in [1.82, 2.24) is 0 Å². The van der Waals surface area contributed by atoms with Crippen molar-refractivity contribution < 1.29 is 139 Å². The van der Waals surface area contributed by atoms with Gasteiger partial charge in [-0.25, -0.2) is 16.8 Å². The molecule has 0 atom stereocenters. The number of ether oxygens (including phenoxy) is 1. The molecule has 0 saturated heterocycles. The second-order valence-corrected chi connectivity index (χ2v) is 11.7. The van der Waals surface area contributed by atoms with E-state index in [1.807, 2.05) is 0 Å². The first-order chi connectivity index (χ1) is 19.4. The van der Waals surface area contributed by atoms with Crippen LogP contribution in [0.2, 0.25) is 0 Å². The molecule has 0 aliphatic heterocycles. The van der Waals surface area contributed by atoms with Crippen molar-refractivity contribution in [2.45, 2.75) is 21.6 Å². The maximum absolute atomic E-state index is 12.0. The van der Waals surface area contributed by atoms with Gasteiger partial charge < -0.3 is 29.5 Å². The van der Waals surface area contributed by atoms with Gasteiger partial charge in [0.05, 0.1) is 32.4 Å². The SMILES string of the molecule is Cc1ccc(N=Nc2c(SOO[O-])cc3cc(S(=O)(=O)[O-])c(NCOc4ccccc4)cc3c2O)c(S(=O)(=O)[O-])c1.[Na+].[Na+].[Na+]. The number of para-hydroxylation sites is 1. The number of phenolic OH excluding ortho intramolecular Hbond substituents is 1. The number of anilines is 1. The zero-order valence-electron chi connectivity index (χ0n) is 23.7. The summed E-state index contributed by atoms with van der Waals surface area (Å²) >= 11 is 0.261. The second kappa shape index (κ2) is 17.9. The molecule has 0 radical (unpaired) electrons. The van der Waals surface area contributed by atoms with Crippen LogP contribution in [0, 0.1) is 6.92 Å². The van der Waals surface area contributed by atoms with Crippen molar-refractivity contribution in [3.63, 3.8) is 0 Å². The monoisotopic (exact) mass is 689 g/mol. The normalized spacial score (nSPS) is 11.4. The quantitative estimate of drug-likeness (QED) is 0.0286. The number of hydrogen-bond acceptors (Lipinski definition) is 15. The summed E-state index contributed by atoms with van der Waals surface area (Å²) in [7, 11) is -9.98. The van der Waals surface area contributed by atoms with Gasteiger partial charge in [0.25, 0.3) is 0 Å². The van der Waals surface area contributed by atoms with Gasteiger partial charge in [0.1, 0.15) is 37.4 Å². The van der Waals surface area contributed by atoms with Gasteiger partial charge in [-0.1, -0.05) is 24.3 Å². The van der Waals surface area contributed by atoms with Gasteiger partial charge in [-0.3, -0.25) is 5.04 Å². The van der Waals surface area contributed by atoms with Crippen molar-refractivity contribution >= 4 is 60.1 Å². The van der Waals surface area contributed by atoms with Crippen LogP contribution in [0.25, 0.3) is 10.8 Å². The average molecular weight is 690 g/mol. The Hall–Kier alpha value is -0.810. The van der Waals surface area contributed by atoms with Gasteiger partial charge in [0, 0.05) is 5.39 Å². The number of nitrogens with zero attached hydrogens (tertiary/aromatic N) is 2. The Kier molecular flexibility index (Phi) is 16.8. The summed E-state index contributed by atoms with van der Waals surface area (Å²) in [5.41, 5.74) is -0.446. The molecule has 0 aliphatic rings. The van der Waals surface area contributed by atoms with Crippen molar-refractivity contribution in [1.29, 1.82) is 0 Å². The second-order valence-electron chi connectivity index (χ2n) is 8.22. The molecule has 2 N–H and O–H groups in total. The first kappa shape index (κ1) is 41.2. The van der Waals surface area contributed by atoms with Crippen molar-refractivity contribution in [3.8, 4) is 11.5 Å². The number of aromatic hydroxyl groups is 1. The summed E-state index contributed by atoms with van der Waals surface area (Å²) in [6.07, 6.45) is 0. The summed E-state index contributed by atoms with van der Waals surface area (Å²) in [6.45, 7) is 1.31. The Labute approximate surface area is 323 Å². The van der Waals surface area contributed by atoms with Gasteiger partial charge in [-0.05, 0) is 60.3 Å². The van der Waals surface area contributed by atoms with Crippen molar-refractivity contribution in [3.05, 3.63) is 72.3 Å². The van der Waals surface area contributed by atoms with Crippen LogP contribution in [0.1, 0.15) is 5.56 Å². The van der Waals surface area contributed by atoms with E-state index in [1.165, 1.54) is 18.2 Å². The van der Waals surface area contributed by atoms with Gasteiger partial charge in [-0.15, -0.1) is 10.2 Å². The number of fused-ring (bicyclic) bond motifs is 1. The molecule has 4 rings (SSSR count). The molecule has 0 fully saturated rings. The predicted octanol–water partition coefficient (Wildman–Crippen LogP) is -5.23.